The zero-order valence-corrected chi connectivity index (χ0v) is 10.0. The Hall–Kier alpha value is -0.870. The number of aryl methyl sites for hydroxylation is 1. The summed E-state index contributed by atoms with van der Waals surface area (Å²) in [6, 6.07) is 4.08. The highest BCUT2D eigenvalue weighted by Gasteiger charge is 2.00. The predicted octanol–water partition coefficient (Wildman–Crippen LogP) is 3.96. The van der Waals surface area contributed by atoms with Gasteiger partial charge in [0, 0.05) is 16.0 Å². The van der Waals surface area contributed by atoms with Crippen molar-refractivity contribution in [3.8, 4) is 0 Å². The molecule has 4 heteroatoms. The molecule has 0 aliphatic carbocycles. The molecule has 0 spiro atoms. The van der Waals surface area contributed by atoms with E-state index in [-0.39, 0.29) is 0 Å². The summed E-state index contributed by atoms with van der Waals surface area (Å²) >= 11 is 5.05. The number of anilines is 2. The van der Waals surface area contributed by atoms with Gasteiger partial charge in [-0.3, -0.25) is 0 Å². The molecular weight excluding hydrogens is 260 g/mol. The Morgan fingerprint density at radius 1 is 1.50 bits per heavy atom. The molecule has 72 valence electrons. The van der Waals surface area contributed by atoms with Crippen molar-refractivity contribution in [2.24, 2.45) is 0 Å². The molecule has 2 aromatic heterocycles. The van der Waals surface area contributed by atoms with Gasteiger partial charge < -0.3 is 5.32 Å². The number of aromatic nitrogens is 1. The summed E-state index contributed by atoms with van der Waals surface area (Å²) in [5.74, 6) is 0.909. The monoisotopic (exact) mass is 268 g/mol. The first-order valence-corrected chi connectivity index (χ1v) is 5.90. The molecule has 0 aliphatic heterocycles. The Balaban J connectivity index is 2.25. The molecule has 1 N–H and O–H groups in total. The van der Waals surface area contributed by atoms with Crippen molar-refractivity contribution < 1.29 is 0 Å². The number of hydrogen-bond donors (Lipinski definition) is 1. The van der Waals surface area contributed by atoms with Gasteiger partial charge >= 0.3 is 0 Å². The number of halogens is 1. The van der Waals surface area contributed by atoms with E-state index in [0.717, 1.165) is 21.5 Å². The Bertz CT molecular complexity index is 426. The molecule has 14 heavy (non-hydrogen) atoms. The van der Waals surface area contributed by atoms with Gasteiger partial charge in [-0.15, -0.1) is 0 Å². The Labute approximate surface area is 95.1 Å². The summed E-state index contributed by atoms with van der Waals surface area (Å²) in [6.07, 6.45) is 1.79. The van der Waals surface area contributed by atoms with E-state index >= 15 is 0 Å². The topological polar surface area (TPSA) is 24.9 Å². The maximum Gasteiger partial charge on any atom is 0.133 e. The molecule has 0 saturated heterocycles. The molecule has 0 unspecified atom stereocenters. The fraction of sp³-hybridized carbons (Fsp3) is 0.100. The van der Waals surface area contributed by atoms with E-state index in [1.807, 2.05) is 24.4 Å². The van der Waals surface area contributed by atoms with E-state index in [0.29, 0.717) is 0 Å². The van der Waals surface area contributed by atoms with E-state index in [1.165, 1.54) is 0 Å². The van der Waals surface area contributed by atoms with Crippen molar-refractivity contribution in [2.45, 2.75) is 6.92 Å². The van der Waals surface area contributed by atoms with Gasteiger partial charge in [-0.2, -0.15) is 11.3 Å². The number of pyridine rings is 1. The van der Waals surface area contributed by atoms with Crippen LogP contribution in [-0.4, -0.2) is 4.98 Å². The molecule has 0 atom stereocenters. The second-order valence-electron chi connectivity index (χ2n) is 2.96. The van der Waals surface area contributed by atoms with Crippen molar-refractivity contribution in [3.05, 3.63) is 39.1 Å². The van der Waals surface area contributed by atoms with Crippen LogP contribution in [0.3, 0.4) is 0 Å². The van der Waals surface area contributed by atoms with E-state index < -0.39 is 0 Å². The average Bonchev–Trinajstić information content (AvgIpc) is 2.62. The fourth-order valence-electron chi connectivity index (χ4n) is 1.14. The maximum atomic E-state index is 4.30. The lowest BCUT2D eigenvalue weighted by atomic mass is 10.3. The van der Waals surface area contributed by atoms with Gasteiger partial charge in [-0.1, -0.05) is 0 Å². The van der Waals surface area contributed by atoms with Crippen LogP contribution in [-0.2, 0) is 0 Å². The van der Waals surface area contributed by atoms with Gasteiger partial charge in [0.15, 0.2) is 0 Å². The van der Waals surface area contributed by atoms with Crippen LogP contribution in [0.1, 0.15) is 5.56 Å². The third kappa shape index (κ3) is 2.13. The minimum Gasteiger partial charge on any atom is -0.339 e. The standard InChI is InChI=1S/C10H9BrN2S/c1-7-4-8(11)5-12-10(7)13-9-2-3-14-6-9/h2-6H,1H3,(H,12,13). The molecule has 0 amide bonds. The van der Waals surface area contributed by atoms with E-state index in [2.05, 4.69) is 31.6 Å². The van der Waals surface area contributed by atoms with Crippen LogP contribution in [0.5, 0.6) is 0 Å². The fourth-order valence-corrected chi connectivity index (χ4v) is 2.18. The first-order chi connectivity index (χ1) is 6.75. The molecule has 0 bridgehead atoms. The molecule has 2 aromatic rings. The van der Waals surface area contributed by atoms with Crippen molar-refractivity contribution in [1.82, 2.24) is 4.98 Å². The SMILES string of the molecule is Cc1cc(Br)cnc1Nc1ccsc1. The third-order valence-corrected chi connectivity index (χ3v) is 2.95. The molecular formula is C10H9BrN2S. The summed E-state index contributed by atoms with van der Waals surface area (Å²) < 4.78 is 1.01. The molecule has 0 aromatic carbocycles. The minimum absolute atomic E-state index is 0.909. The van der Waals surface area contributed by atoms with Crippen LogP contribution in [0, 0.1) is 6.92 Å². The van der Waals surface area contributed by atoms with Crippen LogP contribution in [0.2, 0.25) is 0 Å². The maximum absolute atomic E-state index is 4.30. The Morgan fingerprint density at radius 2 is 2.36 bits per heavy atom. The van der Waals surface area contributed by atoms with Crippen molar-refractivity contribution >= 4 is 38.8 Å². The van der Waals surface area contributed by atoms with Crippen LogP contribution in [0.25, 0.3) is 0 Å². The number of nitrogens with one attached hydrogen (secondary N) is 1. The highest BCUT2D eigenvalue weighted by molar-refractivity contribution is 9.10. The lowest BCUT2D eigenvalue weighted by Crippen LogP contribution is -1.94. The molecule has 2 rings (SSSR count). The molecule has 2 heterocycles. The summed E-state index contributed by atoms with van der Waals surface area (Å²) in [4.78, 5) is 4.30. The highest BCUT2D eigenvalue weighted by atomic mass is 79.9. The number of rotatable bonds is 2. The van der Waals surface area contributed by atoms with Gasteiger partial charge in [0.1, 0.15) is 5.82 Å². The Morgan fingerprint density at radius 3 is 3.00 bits per heavy atom. The Kier molecular flexibility index (Phi) is 2.84. The third-order valence-electron chi connectivity index (χ3n) is 1.83. The van der Waals surface area contributed by atoms with Gasteiger partial charge in [0.25, 0.3) is 0 Å². The van der Waals surface area contributed by atoms with Gasteiger partial charge in [0.05, 0.1) is 5.69 Å². The van der Waals surface area contributed by atoms with Crippen LogP contribution in [0.15, 0.2) is 33.6 Å². The first kappa shape index (κ1) is 9.68. The van der Waals surface area contributed by atoms with E-state index in [9.17, 15) is 0 Å². The molecule has 0 fully saturated rings. The van der Waals surface area contributed by atoms with Crippen molar-refractivity contribution in [1.29, 1.82) is 0 Å². The number of thiophene rings is 1. The van der Waals surface area contributed by atoms with Gasteiger partial charge in [0.2, 0.25) is 0 Å². The van der Waals surface area contributed by atoms with Gasteiger partial charge in [-0.05, 0) is 45.9 Å². The predicted molar refractivity (Wildman–Crippen MR) is 64.3 cm³/mol. The summed E-state index contributed by atoms with van der Waals surface area (Å²) in [5, 5.41) is 7.35. The quantitative estimate of drug-likeness (QED) is 0.892. The minimum atomic E-state index is 0.909. The summed E-state index contributed by atoms with van der Waals surface area (Å²) in [7, 11) is 0. The van der Waals surface area contributed by atoms with E-state index in [1.54, 1.807) is 17.5 Å². The zero-order valence-electron chi connectivity index (χ0n) is 7.62. The second-order valence-corrected chi connectivity index (χ2v) is 4.65. The lowest BCUT2D eigenvalue weighted by Gasteiger charge is -2.06. The van der Waals surface area contributed by atoms with Gasteiger partial charge in [-0.25, -0.2) is 4.98 Å². The van der Waals surface area contributed by atoms with Crippen LogP contribution in [0.4, 0.5) is 11.5 Å². The van der Waals surface area contributed by atoms with E-state index in [4.69, 9.17) is 0 Å². The molecule has 2 nitrogen and oxygen atoms in total. The van der Waals surface area contributed by atoms with Crippen LogP contribution >= 0.6 is 27.3 Å². The average molecular weight is 269 g/mol. The summed E-state index contributed by atoms with van der Waals surface area (Å²) in [6.45, 7) is 2.03. The zero-order chi connectivity index (χ0) is 9.97. The van der Waals surface area contributed by atoms with Crippen molar-refractivity contribution in [3.63, 3.8) is 0 Å². The van der Waals surface area contributed by atoms with Crippen molar-refractivity contribution in [2.75, 3.05) is 5.32 Å². The largest absolute Gasteiger partial charge is 0.339 e. The number of nitrogens with zero attached hydrogens (tertiary/aromatic N) is 1. The first-order valence-electron chi connectivity index (χ1n) is 4.17. The highest BCUT2D eigenvalue weighted by Crippen LogP contribution is 2.22. The number of hydrogen-bond acceptors (Lipinski definition) is 3. The molecule has 0 saturated carbocycles. The molecule has 0 aliphatic rings. The lowest BCUT2D eigenvalue weighted by molar-refractivity contribution is 1.24. The molecule has 0 radical (unpaired) electrons. The smallest absolute Gasteiger partial charge is 0.133 e. The second kappa shape index (κ2) is 4.11. The normalized spacial score (nSPS) is 10.1. The summed E-state index contributed by atoms with van der Waals surface area (Å²) in [5.41, 5.74) is 2.22. The van der Waals surface area contributed by atoms with Crippen LogP contribution < -0.4 is 5.32 Å².